The van der Waals surface area contributed by atoms with Gasteiger partial charge in [-0.3, -0.25) is 14.4 Å². The molecule has 0 saturated carbocycles. The number of nitrogens with one attached hydrogen (secondary N) is 3. The summed E-state index contributed by atoms with van der Waals surface area (Å²) in [6, 6.07) is 6.72. The predicted octanol–water partition coefficient (Wildman–Crippen LogP) is 2.37. The lowest BCUT2D eigenvalue weighted by Gasteiger charge is -2.28. The molecule has 8 heteroatoms. The van der Waals surface area contributed by atoms with Crippen LogP contribution >= 0.6 is 12.4 Å². The van der Waals surface area contributed by atoms with Crippen molar-refractivity contribution >= 4 is 35.9 Å². The normalized spacial score (nSPS) is 17.0. The minimum atomic E-state index is -0.369. The summed E-state index contributed by atoms with van der Waals surface area (Å²) in [6.07, 6.45) is 2.95. The number of carbonyl (C=O) groups excluding carboxylic acids is 3. The molecule has 0 aromatic heterocycles. The fraction of sp³-hybridized carbons (Fsp3) is 0.550. The van der Waals surface area contributed by atoms with Crippen LogP contribution in [0.25, 0.3) is 0 Å². The summed E-state index contributed by atoms with van der Waals surface area (Å²) in [4.78, 5) is 35.3. The third kappa shape index (κ3) is 7.86. The summed E-state index contributed by atoms with van der Waals surface area (Å²) >= 11 is 0. The molecule has 2 rings (SSSR count). The van der Waals surface area contributed by atoms with Crippen molar-refractivity contribution in [1.82, 2.24) is 10.6 Å². The van der Waals surface area contributed by atoms with Crippen LogP contribution in [0.4, 0.5) is 5.69 Å². The molecule has 0 aliphatic carbocycles. The summed E-state index contributed by atoms with van der Waals surface area (Å²) < 4.78 is 4.52. The van der Waals surface area contributed by atoms with E-state index in [-0.39, 0.29) is 43.2 Å². The maximum atomic E-state index is 12.3. The number of rotatable bonds is 8. The van der Waals surface area contributed by atoms with Gasteiger partial charge in [0.25, 0.3) is 5.91 Å². The van der Waals surface area contributed by atoms with Gasteiger partial charge in [0.15, 0.2) is 0 Å². The Hall–Kier alpha value is -2.12. The standard InChI is InChI=1S/C20H29N3O4.ClH/c1-14(16-4-3-10-21-13-16)12-18(24)23-17-7-5-15(6-8-17)20(26)22-11-9-19(25)27-2;/h5-8,14,16,21H,3-4,9-13H2,1-2H3,(H,22,26)(H,23,24);1H. The first-order chi connectivity index (χ1) is 13.0. The first kappa shape index (κ1) is 23.9. The minimum absolute atomic E-state index is 0. The number of ether oxygens (including phenoxy) is 1. The molecule has 2 unspecified atom stereocenters. The second kappa shape index (κ2) is 12.4. The van der Waals surface area contributed by atoms with Crippen LogP contribution in [-0.4, -0.2) is 44.5 Å². The van der Waals surface area contributed by atoms with Crippen molar-refractivity contribution in [2.45, 2.75) is 32.6 Å². The van der Waals surface area contributed by atoms with E-state index in [2.05, 4.69) is 27.6 Å². The summed E-state index contributed by atoms with van der Waals surface area (Å²) in [5, 5.41) is 8.93. The zero-order valence-electron chi connectivity index (χ0n) is 16.5. The highest BCUT2D eigenvalue weighted by molar-refractivity contribution is 5.96. The van der Waals surface area contributed by atoms with Crippen molar-refractivity contribution < 1.29 is 19.1 Å². The van der Waals surface area contributed by atoms with Gasteiger partial charge in [-0.25, -0.2) is 0 Å². The number of halogens is 1. The molecular formula is C20H30ClN3O4. The Labute approximate surface area is 172 Å². The monoisotopic (exact) mass is 411 g/mol. The number of benzene rings is 1. The number of hydrogen-bond acceptors (Lipinski definition) is 5. The van der Waals surface area contributed by atoms with Crippen molar-refractivity contribution in [2.24, 2.45) is 11.8 Å². The van der Waals surface area contributed by atoms with Gasteiger partial charge in [-0.2, -0.15) is 0 Å². The average Bonchev–Trinajstić information content (AvgIpc) is 2.68. The van der Waals surface area contributed by atoms with Gasteiger partial charge in [-0.05, 0) is 62.0 Å². The highest BCUT2D eigenvalue weighted by atomic mass is 35.5. The molecule has 1 saturated heterocycles. The molecule has 1 aliphatic heterocycles. The number of anilines is 1. The second-order valence-electron chi connectivity index (χ2n) is 7.00. The molecule has 1 aromatic rings. The summed E-state index contributed by atoms with van der Waals surface area (Å²) in [7, 11) is 1.31. The van der Waals surface area contributed by atoms with Gasteiger partial charge in [0.2, 0.25) is 5.91 Å². The van der Waals surface area contributed by atoms with Gasteiger partial charge in [0.05, 0.1) is 13.5 Å². The van der Waals surface area contributed by atoms with E-state index in [0.717, 1.165) is 13.1 Å². The Kier molecular flexibility index (Phi) is 10.6. The Balaban J connectivity index is 0.00000392. The van der Waals surface area contributed by atoms with Gasteiger partial charge >= 0.3 is 5.97 Å². The molecule has 1 aromatic carbocycles. The molecule has 156 valence electrons. The van der Waals surface area contributed by atoms with Crippen LogP contribution in [0, 0.1) is 11.8 Å². The van der Waals surface area contributed by atoms with E-state index in [9.17, 15) is 14.4 Å². The fourth-order valence-corrected chi connectivity index (χ4v) is 3.22. The SMILES string of the molecule is COC(=O)CCNC(=O)c1ccc(NC(=O)CC(C)C2CCCNC2)cc1.Cl. The van der Waals surface area contributed by atoms with Crippen molar-refractivity contribution in [2.75, 3.05) is 32.1 Å². The van der Waals surface area contributed by atoms with E-state index in [1.165, 1.54) is 20.0 Å². The summed E-state index contributed by atoms with van der Waals surface area (Å²) in [5.74, 6) is 0.225. The number of amides is 2. The second-order valence-corrected chi connectivity index (χ2v) is 7.00. The maximum absolute atomic E-state index is 12.3. The summed E-state index contributed by atoms with van der Waals surface area (Å²) in [5.41, 5.74) is 1.14. The third-order valence-electron chi connectivity index (χ3n) is 4.92. The first-order valence-electron chi connectivity index (χ1n) is 9.45. The van der Waals surface area contributed by atoms with Crippen molar-refractivity contribution in [3.05, 3.63) is 29.8 Å². The van der Waals surface area contributed by atoms with Gasteiger partial charge < -0.3 is 20.7 Å². The molecule has 1 aliphatic rings. The van der Waals surface area contributed by atoms with Crippen molar-refractivity contribution in [3.8, 4) is 0 Å². The number of hydrogen-bond donors (Lipinski definition) is 3. The van der Waals surface area contributed by atoms with Crippen LogP contribution in [0.1, 0.15) is 43.0 Å². The molecule has 0 radical (unpaired) electrons. The molecule has 3 N–H and O–H groups in total. The van der Waals surface area contributed by atoms with Crippen molar-refractivity contribution in [1.29, 1.82) is 0 Å². The highest BCUT2D eigenvalue weighted by Crippen LogP contribution is 2.23. The van der Waals surface area contributed by atoms with Gasteiger partial charge in [-0.1, -0.05) is 6.92 Å². The maximum Gasteiger partial charge on any atom is 0.307 e. The van der Waals surface area contributed by atoms with Crippen LogP contribution in [0.2, 0.25) is 0 Å². The average molecular weight is 412 g/mol. The Morgan fingerprint density at radius 3 is 2.57 bits per heavy atom. The molecule has 7 nitrogen and oxygen atoms in total. The van der Waals surface area contributed by atoms with E-state index in [0.29, 0.717) is 29.5 Å². The largest absolute Gasteiger partial charge is 0.469 e. The molecule has 1 heterocycles. The van der Waals surface area contributed by atoms with E-state index in [1.807, 2.05) is 0 Å². The Morgan fingerprint density at radius 2 is 1.96 bits per heavy atom. The number of piperidine rings is 1. The first-order valence-corrected chi connectivity index (χ1v) is 9.45. The lowest BCUT2D eigenvalue weighted by molar-refractivity contribution is -0.140. The molecule has 2 atom stereocenters. The van der Waals surface area contributed by atoms with Crippen LogP contribution in [0.15, 0.2) is 24.3 Å². The molecule has 28 heavy (non-hydrogen) atoms. The molecule has 2 amide bonds. The van der Waals surface area contributed by atoms with Gasteiger partial charge in [0, 0.05) is 24.2 Å². The van der Waals surface area contributed by atoms with Crippen LogP contribution < -0.4 is 16.0 Å². The molecular weight excluding hydrogens is 382 g/mol. The number of methoxy groups -OCH3 is 1. The van der Waals surface area contributed by atoms with Crippen LogP contribution in [0.3, 0.4) is 0 Å². The Bertz CT molecular complexity index is 645. The zero-order chi connectivity index (χ0) is 19.6. The number of esters is 1. The quantitative estimate of drug-likeness (QED) is 0.570. The van der Waals surface area contributed by atoms with E-state index in [1.54, 1.807) is 24.3 Å². The van der Waals surface area contributed by atoms with Crippen LogP contribution in [-0.2, 0) is 14.3 Å². The minimum Gasteiger partial charge on any atom is -0.469 e. The van der Waals surface area contributed by atoms with E-state index >= 15 is 0 Å². The lowest BCUT2D eigenvalue weighted by Crippen LogP contribution is -2.34. The fourth-order valence-electron chi connectivity index (χ4n) is 3.22. The molecule has 0 spiro atoms. The Morgan fingerprint density at radius 1 is 1.25 bits per heavy atom. The zero-order valence-corrected chi connectivity index (χ0v) is 17.3. The smallest absolute Gasteiger partial charge is 0.307 e. The third-order valence-corrected chi connectivity index (χ3v) is 4.92. The van der Waals surface area contributed by atoms with E-state index < -0.39 is 0 Å². The van der Waals surface area contributed by atoms with Crippen molar-refractivity contribution in [3.63, 3.8) is 0 Å². The topological polar surface area (TPSA) is 96.5 Å². The van der Waals surface area contributed by atoms with E-state index in [4.69, 9.17) is 0 Å². The molecule has 0 bridgehead atoms. The lowest BCUT2D eigenvalue weighted by atomic mass is 9.85. The predicted molar refractivity (Wildman–Crippen MR) is 111 cm³/mol. The highest BCUT2D eigenvalue weighted by Gasteiger charge is 2.22. The molecule has 1 fully saturated rings. The summed E-state index contributed by atoms with van der Waals surface area (Å²) in [6.45, 7) is 4.39. The number of carbonyl (C=O) groups is 3. The van der Waals surface area contributed by atoms with Crippen LogP contribution in [0.5, 0.6) is 0 Å². The van der Waals surface area contributed by atoms with Gasteiger partial charge in [-0.15, -0.1) is 12.4 Å². The van der Waals surface area contributed by atoms with Gasteiger partial charge in [0.1, 0.15) is 0 Å².